The lowest BCUT2D eigenvalue weighted by atomic mass is 10.1. The Hall–Kier alpha value is -3.23. The number of nitrogens with one attached hydrogen (secondary N) is 2. The molecule has 0 bridgehead atoms. The van der Waals surface area contributed by atoms with Crippen molar-refractivity contribution < 1.29 is 14.3 Å². The Morgan fingerprint density at radius 2 is 2.21 bits per heavy atom. The van der Waals surface area contributed by atoms with Crippen molar-refractivity contribution in [1.82, 2.24) is 14.7 Å². The lowest BCUT2D eigenvalue weighted by molar-refractivity contribution is -0.116. The molecule has 0 saturated heterocycles. The number of aromatic nitrogens is 2. The average Bonchev–Trinajstić information content (AvgIpc) is 3.12. The number of benzene rings is 1. The van der Waals surface area contributed by atoms with Crippen LogP contribution in [0.3, 0.4) is 0 Å². The van der Waals surface area contributed by atoms with E-state index in [2.05, 4.69) is 15.7 Å². The number of carbonyl (C=O) groups excluding carboxylic acids is 2. The Morgan fingerprint density at radius 1 is 1.38 bits per heavy atom. The maximum absolute atomic E-state index is 12.7. The summed E-state index contributed by atoms with van der Waals surface area (Å²) >= 11 is 0. The fourth-order valence-corrected chi connectivity index (χ4v) is 3.68. The first kappa shape index (κ1) is 19.1. The number of carbonyl (C=O) groups is 2. The van der Waals surface area contributed by atoms with Crippen molar-refractivity contribution in [2.75, 3.05) is 49.8 Å². The van der Waals surface area contributed by atoms with Gasteiger partial charge >= 0.3 is 0 Å². The van der Waals surface area contributed by atoms with Crippen LogP contribution in [-0.4, -0.2) is 66.8 Å². The van der Waals surface area contributed by atoms with Gasteiger partial charge in [0, 0.05) is 39.8 Å². The number of amides is 2. The Morgan fingerprint density at radius 3 is 3.00 bits per heavy atom. The number of rotatable bonds is 4. The summed E-state index contributed by atoms with van der Waals surface area (Å²) in [5, 5.41) is 10.6. The van der Waals surface area contributed by atoms with Crippen molar-refractivity contribution in [3.8, 4) is 5.75 Å². The zero-order valence-corrected chi connectivity index (χ0v) is 16.9. The topological polar surface area (TPSA) is 91.7 Å². The standard InChI is InChI=1S/C20H26N6O3/c1-24(2)20(28)13-5-6-17-16(9-13)25(3)14(12-29-17)10-18(27)23-15-11-22-26-8-4-7-21-19(15)26/h5-6,9,11,14,21H,4,7-8,10,12H2,1-3H3,(H,23,27). The molecule has 1 aromatic carbocycles. The van der Waals surface area contributed by atoms with Crippen LogP contribution in [-0.2, 0) is 11.3 Å². The highest BCUT2D eigenvalue weighted by Gasteiger charge is 2.28. The molecule has 2 aromatic rings. The molecule has 2 aliphatic heterocycles. The fourth-order valence-electron chi connectivity index (χ4n) is 3.68. The van der Waals surface area contributed by atoms with Gasteiger partial charge in [0.1, 0.15) is 23.9 Å². The first-order valence-corrected chi connectivity index (χ1v) is 9.75. The zero-order chi connectivity index (χ0) is 20.5. The number of likely N-dealkylation sites (N-methyl/N-ethyl adjacent to an activating group) is 1. The molecule has 2 N–H and O–H groups in total. The third kappa shape index (κ3) is 3.72. The van der Waals surface area contributed by atoms with Gasteiger partial charge in [0.15, 0.2) is 0 Å². The Labute approximate surface area is 169 Å². The van der Waals surface area contributed by atoms with Gasteiger partial charge in [-0.2, -0.15) is 5.10 Å². The number of nitrogens with zero attached hydrogens (tertiary/aromatic N) is 4. The summed E-state index contributed by atoms with van der Waals surface area (Å²) in [6.07, 6.45) is 2.97. The van der Waals surface area contributed by atoms with Crippen molar-refractivity contribution in [2.45, 2.75) is 25.4 Å². The van der Waals surface area contributed by atoms with Crippen LogP contribution in [0.1, 0.15) is 23.2 Å². The second-order valence-corrected chi connectivity index (χ2v) is 7.62. The van der Waals surface area contributed by atoms with Gasteiger partial charge in [-0.25, -0.2) is 4.68 Å². The smallest absolute Gasteiger partial charge is 0.253 e. The molecule has 9 heteroatoms. The molecular formula is C20H26N6O3. The number of fused-ring (bicyclic) bond motifs is 2. The van der Waals surface area contributed by atoms with Crippen LogP contribution in [0.5, 0.6) is 5.75 Å². The molecule has 2 aliphatic rings. The molecule has 1 atom stereocenters. The van der Waals surface area contributed by atoms with E-state index in [1.54, 1.807) is 26.4 Å². The second-order valence-electron chi connectivity index (χ2n) is 7.62. The summed E-state index contributed by atoms with van der Waals surface area (Å²) in [4.78, 5) is 28.5. The minimum absolute atomic E-state index is 0.0699. The summed E-state index contributed by atoms with van der Waals surface area (Å²) in [5.74, 6) is 1.40. The van der Waals surface area contributed by atoms with Crippen LogP contribution in [0.2, 0.25) is 0 Å². The van der Waals surface area contributed by atoms with Gasteiger partial charge in [-0.05, 0) is 24.6 Å². The first-order valence-electron chi connectivity index (χ1n) is 9.75. The number of aryl methyl sites for hydroxylation is 1. The van der Waals surface area contributed by atoms with E-state index in [0.717, 1.165) is 36.8 Å². The molecule has 1 unspecified atom stereocenters. The molecule has 0 aliphatic carbocycles. The van der Waals surface area contributed by atoms with Gasteiger partial charge in [0.05, 0.1) is 24.3 Å². The van der Waals surface area contributed by atoms with E-state index >= 15 is 0 Å². The largest absolute Gasteiger partial charge is 0.489 e. The van der Waals surface area contributed by atoms with Gasteiger partial charge in [-0.15, -0.1) is 0 Å². The van der Waals surface area contributed by atoms with Crippen LogP contribution in [0.25, 0.3) is 0 Å². The summed E-state index contributed by atoms with van der Waals surface area (Å²) in [7, 11) is 5.37. The Bertz CT molecular complexity index is 938. The third-order valence-corrected chi connectivity index (χ3v) is 5.34. The maximum atomic E-state index is 12.7. The van der Waals surface area contributed by atoms with E-state index in [-0.39, 0.29) is 24.3 Å². The average molecular weight is 398 g/mol. The summed E-state index contributed by atoms with van der Waals surface area (Å²) in [6, 6.07) is 5.26. The van der Waals surface area contributed by atoms with Gasteiger partial charge < -0.3 is 25.2 Å². The monoisotopic (exact) mass is 398 g/mol. The van der Waals surface area contributed by atoms with Gasteiger partial charge in [-0.1, -0.05) is 0 Å². The molecule has 154 valence electrons. The molecule has 0 saturated carbocycles. The van der Waals surface area contributed by atoms with Crippen LogP contribution >= 0.6 is 0 Å². The highest BCUT2D eigenvalue weighted by molar-refractivity contribution is 5.96. The lowest BCUT2D eigenvalue weighted by Gasteiger charge is -2.35. The van der Waals surface area contributed by atoms with E-state index in [0.29, 0.717) is 17.9 Å². The first-order chi connectivity index (χ1) is 13.9. The predicted molar refractivity (Wildman–Crippen MR) is 111 cm³/mol. The van der Waals surface area contributed by atoms with E-state index < -0.39 is 0 Å². The minimum Gasteiger partial charge on any atom is -0.489 e. The molecule has 29 heavy (non-hydrogen) atoms. The zero-order valence-electron chi connectivity index (χ0n) is 16.9. The molecule has 2 amide bonds. The number of hydrogen-bond donors (Lipinski definition) is 2. The Kier molecular flexibility index (Phi) is 5.04. The van der Waals surface area contributed by atoms with Crippen molar-refractivity contribution in [3.63, 3.8) is 0 Å². The van der Waals surface area contributed by atoms with E-state index in [4.69, 9.17) is 4.74 Å². The summed E-state index contributed by atoms with van der Waals surface area (Å²) < 4.78 is 7.72. The summed E-state index contributed by atoms with van der Waals surface area (Å²) in [6.45, 7) is 2.13. The molecule has 0 spiro atoms. The van der Waals surface area contributed by atoms with Crippen LogP contribution < -0.4 is 20.3 Å². The highest BCUT2D eigenvalue weighted by atomic mass is 16.5. The van der Waals surface area contributed by atoms with Crippen molar-refractivity contribution in [1.29, 1.82) is 0 Å². The Balaban J connectivity index is 1.45. The van der Waals surface area contributed by atoms with Crippen LogP contribution in [0, 0.1) is 0 Å². The van der Waals surface area contributed by atoms with E-state index in [1.807, 2.05) is 28.8 Å². The maximum Gasteiger partial charge on any atom is 0.253 e. The molecule has 9 nitrogen and oxygen atoms in total. The van der Waals surface area contributed by atoms with Gasteiger partial charge in [0.2, 0.25) is 5.91 Å². The quantitative estimate of drug-likeness (QED) is 0.813. The van der Waals surface area contributed by atoms with Crippen LogP contribution in [0.4, 0.5) is 17.2 Å². The molecule has 3 heterocycles. The number of anilines is 3. The summed E-state index contributed by atoms with van der Waals surface area (Å²) in [5.41, 5.74) is 2.10. The predicted octanol–water partition coefficient (Wildman–Crippen LogP) is 1.63. The van der Waals surface area contributed by atoms with Crippen LogP contribution in [0.15, 0.2) is 24.4 Å². The van der Waals surface area contributed by atoms with E-state index in [9.17, 15) is 9.59 Å². The number of hydrogen-bond acceptors (Lipinski definition) is 6. The van der Waals surface area contributed by atoms with Crippen molar-refractivity contribution in [3.05, 3.63) is 30.0 Å². The molecular weight excluding hydrogens is 372 g/mol. The normalized spacial score (nSPS) is 17.5. The van der Waals surface area contributed by atoms with Crippen molar-refractivity contribution in [2.24, 2.45) is 0 Å². The van der Waals surface area contributed by atoms with Crippen molar-refractivity contribution >= 4 is 29.0 Å². The van der Waals surface area contributed by atoms with Gasteiger partial charge in [0.25, 0.3) is 5.91 Å². The highest BCUT2D eigenvalue weighted by Crippen LogP contribution is 2.35. The lowest BCUT2D eigenvalue weighted by Crippen LogP contribution is -2.42. The second kappa shape index (κ2) is 7.65. The van der Waals surface area contributed by atoms with E-state index in [1.165, 1.54) is 4.90 Å². The number of ether oxygens (including phenoxy) is 1. The molecule has 0 fully saturated rings. The molecule has 4 rings (SSSR count). The SMILES string of the molecule is CN(C)C(=O)c1ccc2c(c1)N(C)C(CC(=O)Nc1cnn3c1NCCC3)CO2. The van der Waals surface area contributed by atoms with Gasteiger partial charge in [-0.3, -0.25) is 9.59 Å². The molecule has 1 aromatic heterocycles. The fraction of sp³-hybridized carbons (Fsp3) is 0.450. The molecule has 0 radical (unpaired) electrons. The third-order valence-electron chi connectivity index (χ3n) is 5.34. The minimum atomic E-state index is -0.133.